The molecule has 0 saturated heterocycles. The summed E-state index contributed by atoms with van der Waals surface area (Å²) in [7, 11) is -3.75. The van der Waals surface area contributed by atoms with Gasteiger partial charge in [0.25, 0.3) is 5.69 Å². The van der Waals surface area contributed by atoms with E-state index in [9.17, 15) is 18.5 Å². The van der Waals surface area contributed by atoms with Crippen molar-refractivity contribution in [3.05, 3.63) is 28.3 Å². The number of nitrogens with two attached hydrogens (primary N) is 1. The highest BCUT2D eigenvalue weighted by molar-refractivity contribution is 7.89. The highest BCUT2D eigenvalue weighted by Crippen LogP contribution is 2.44. The van der Waals surface area contributed by atoms with Gasteiger partial charge in [0.05, 0.1) is 9.82 Å². The molecule has 2 fully saturated rings. The first kappa shape index (κ1) is 14.3. The van der Waals surface area contributed by atoms with Crippen molar-refractivity contribution in [1.29, 1.82) is 0 Å². The van der Waals surface area contributed by atoms with Crippen molar-refractivity contribution in [1.82, 2.24) is 4.72 Å². The van der Waals surface area contributed by atoms with Gasteiger partial charge in [-0.25, -0.2) is 13.1 Å². The van der Waals surface area contributed by atoms with Gasteiger partial charge in [-0.05, 0) is 43.2 Å². The second-order valence-electron chi connectivity index (χ2n) is 5.88. The first-order valence-electron chi connectivity index (χ1n) is 6.93. The Morgan fingerprint density at radius 1 is 1.29 bits per heavy atom. The molecule has 0 amide bonds. The van der Waals surface area contributed by atoms with Crippen LogP contribution in [0.2, 0.25) is 0 Å². The highest BCUT2D eigenvalue weighted by Gasteiger charge is 2.41. The summed E-state index contributed by atoms with van der Waals surface area (Å²) in [4.78, 5) is 10.1. The lowest BCUT2D eigenvalue weighted by Gasteiger charge is -2.22. The third kappa shape index (κ3) is 2.60. The maximum absolute atomic E-state index is 12.4. The van der Waals surface area contributed by atoms with Crippen LogP contribution in [0.4, 0.5) is 11.4 Å². The molecule has 7 nitrogen and oxygen atoms in total. The summed E-state index contributed by atoms with van der Waals surface area (Å²) in [5, 5.41) is 10.9. The number of nitrogens with zero attached hydrogens (tertiary/aromatic N) is 1. The third-order valence-electron chi connectivity index (χ3n) is 4.55. The number of rotatable bonds is 4. The molecule has 2 bridgehead atoms. The lowest BCUT2D eigenvalue weighted by molar-refractivity contribution is -0.384. The van der Waals surface area contributed by atoms with E-state index >= 15 is 0 Å². The molecule has 3 N–H and O–H groups in total. The van der Waals surface area contributed by atoms with E-state index in [1.54, 1.807) is 0 Å². The fraction of sp³-hybridized carbons (Fsp3) is 0.538. The maximum Gasteiger partial charge on any atom is 0.293 e. The minimum absolute atomic E-state index is 0.0427. The number of anilines is 1. The number of benzene rings is 1. The van der Waals surface area contributed by atoms with Crippen LogP contribution >= 0.6 is 0 Å². The first-order valence-corrected chi connectivity index (χ1v) is 8.41. The smallest absolute Gasteiger partial charge is 0.293 e. The second kappa shape index (κ2) is 4.96. The van der Waals surface area contributed by atoms with Crippen LogP contribution in [-0.2, 0) is 10.0 Å². The molecule has 1 aromatic rings. The van der Waals surface area contributed by atoms with Crippen molar-refractivity contribution >= 4 is 21.4 Å². The van der Waals surface area contributed by atoms with E-state index in [1.165, 1.54) is 18.6 Å². The lowest BCUT2D eigenvalue weighted by atomic mass is 9.96. The Kier molecular flexibility index (Phi) is 3.37. The van der Waals surface area contributed by atoms with Crippen LogP contribution in [0, 0.1) is 22.0 Å². The van der Waals surface area contributed by atoms with Crippen LogP contribution in [-0.4, -0.2) is 19.4 Å². The molecule has 3 unspecified atom stereocenters. The van der Waals surface area contributed by atoms with Gasteiger partial charge in [-0.15, -0.1) is 0 Å². The minimum Gasteiger partial charge on any atom is -0.393 e. The number of hydrogen-bond donors (Lipinski definition) is 2. The van der Waals surface area contributed by atoms with E-state index in [0.717, 1.165) is 25.3 Å². The summed E-state index contributed by atoms with van der Waals surface area (Å²) in [6.45, 7) is 0. The van der Waals surface area contributed by atoms with E-state index < -0.39 is 14.9 Å². The van der Waals surface area contributed by atoms with E-state index in [4.69, 9.17) is 5.73 Å². The molecule has 0 heterocycles. The zero-order valence-electron chi connectivity index (χ0n) is 11.4. The molecule has 2 saturated carbocycles. The molecule has 8 heteroatoms. The van der Waals surface area contributed by atoms with Crippen LogP contribution in [0.25, 0.3) is 0 Å². The molecule has 0 spiro atoms. The fourth-order valence-electron chi connectivity index (χ4n) is 3.51. The Morgan fingerprint density at radius 3 is 2.62 bits per heavy atom. The predicted molar refractivity (Wildman–Crippen MR) is 77.1 cm³/mol. The average Bonchev–Trinajstić information content (AvgIpc) is 3.00. The van der Waals surface area contributed by atoms with Crippen molar-refractivity contribution in [2.75, 3.05) is 5.73 Å². The van der Waals surface area contributed by atoms with Crippen molar-refractivity contribution < 1.29 is 13.3 Å². The molecule has 3 rings (SSSR count). The summed E-state index contributed by atoms with van der Waals surface area (Å²) in [6.07, 6.45) is 4.17. The van der Waals surface area contributed by atoms with Crippen LogP contribution in [0.5, 0.6) is 0 Å². The van der Waals surface area contributed by atoms with Gasteiger partial charge in [-0.1, -0.05) is 6.42 Å². The maximum atomic E-state index is 12.4. The number of nitrogen functional groups attached to an aromatic ring is 1. The summed E-state index contributed by atoms with van der Waals surface area (Å²) in [5.74, 6) is 1.01. The van der Waals surface area contributed by atoms with E-state index in [1.807, 2.05) is 0 Å². The normalized spacial score (nSPS) is 27.9. The molecule has 21 heavy (non-hydrogen) atoms. The van der Waals surface area contributed by atoms with Gasteiger partial charge in [0.1, 0.15) is 5.69 Å². The molecule has 2 aliphatic rings. The summed E-state index contributed by atoms with van der Waals surface area (Å²) >= 11 is 0. The largest absolute Gasteiger partial charge is 0.393 e. The summed E-state index contributed by atoms with van der Waals surface area (Å²) in [5.41, 5.74) is 5.06. The van der Waals surface area contributed by atoms with E-state index in [-0.39, 0.29) is 22.3 Å². The number of nitrogens with one attached hydrogen (secondary N) is 1. The van der Waals surface area contributed by atoms with E-state index in [0.29, 0.717) is 11.8 Å². The first-order chi connectivity index (χ1) is 9.87. The monoisotopic (exact) mass is 311 g/mol. The number of sulfonamides is 1. The molecule has 1 aromatic carbocycles. The van der Waals surface area contributed by atoms with Gasteiger partial charge >= 0.3 is 0 Å². The molecule has 0 aromatic heterocycles. The van der Waals surface area contributed by atoms with Crippen LogP contribution in [0.3, 0.4) is 0 Å². The number of hydrogen-bond acceptors (Lipinski definition) is 5. The Morgan fingerprint density at radius 2 is 2.05 bits per heavy atom. The molecular weight excluding hydrogens is 294 g/mol. The zero-order valence-corrected chi connectivity index (χ0v) is 12.2. The topological polar surface area (TPSA) is 115 Å². The second-order valence-corrected chi connectivity index (χ2v) is 7.59. The molecular formula is C13H17N3O4S. The van der Waals surface area contributed by atoms with Gasteiger partial charge in [0, 0.05) is 12.1 Å². The highest BCUT2D eigenvalue weighted by atomic mass is 32.2. The lowest BCUT2D eigenvalue weighted by Crippen LogP contribution is -2.38. The van der Waals surface area contributed by atoms with Gasteiger partial charge in [-0.2, -0.15) is 0 Å². The van der Waals surface area contributed by atoms with Crippen molar-refractivity contribution in [2.45, 2.75) is 36.6 Å². The molecule has 3 atom stereocenters. The van der Waals surface area contributed by atoms with Gasteiger partial charge in [0.2, 0.25) is 10.0 Å². The number of fused-ring (bicyclic) bond motifs is 2. The zero-order chi connectivity index (χ0) is 15.2. The molecule has 0 aliphatic heterocycles. The standard InChI is InChI=1S/C13H17N3O4S/c14-11-4-3-10(7-13(11)16(17)18)21(19,20)15-12-6-8-1-2-9(12)5-8/h3-4,7-9,12,15H,1-2,5-6,14H2. The van der Waals surface area contributed by atoms with Gasteiger partial charge in [-0.3, -0.25) is 10.1 Å². The van der Waals surface area contributed by atoms with Crippen LogP contribution in [0.1, 0.15) is 25.7 Å². The minimum atomic E-state index is -3.75. The van der Waals surface area contributed by atoms with Crippen molar-refractivity contribution in [2.24, 2.45) is 11.8 Å². The van der Waals surface area contributed by atoms with Gasteiger partial charge in [0.15, 0.2) is 0 Å². The summed E-state index contributed by atoms with van der Waals surface area (Å²) < 4.78 is 27.4. The Hall–Kier alpha value is -1.67. The Bertz CT molecular complexity index is 689. The quantitative estimate of drug-likeness (QED) is 0.498. The van der Waals surface area contributed by atoms with E-state index in [2.05, 4.69) is 4.72 Å². The SMILES string of the molecule is Nc1ccc(S(=O)(=O)NC2CC3CCC2C3)cc1[N+](=O)[O-]. The molecule has 0 radical (unpaired) electrons. The molecule has 2 aliphatic carbocycles. The van der Waals surface area contributed by atoms with Crippen molar-refractivity contribution in [3.8, 4) is 0 Å². The van der Waals surface area contributed by atoms with Gasteiger partial charge < -0.3 is 5.73 Å². The average molecular weight is 311 g/mol. The van der Waals surface area contributed by atoms with Crippen LogP contribution < -0.4 is 10.5 Å². The predicted octanol–water partition coefficient (Wildman–Crippen LogP) is 1.64. The Balaban J connectivity index is 1.85. The number of nitro benzene ring substituents is 1. The van der Waals surface area contributed by atoms with Crippen molar-refractivity contribution in [3.63, 3.8) is 0 Å². The fourth-order valence-corrected chi connectivity index (χ4v) is 4.84. The van der Waals surface area contributed by atoms with Crippen LogP contribution in [0.15, 0.2) is 23.1 Å². The summed E-state index contributed by atoms with van der Waals surface area (Å²) in [6, 6.07) is 3.53. The number of nitro groups is 1. The Labute approximate surface area is 122 Å². The molecule has 114 valence electrons. The third-order valence-corrected chi connectivity index (χ3v) is 6.04.